The molecule has 2 amide bonds. The minimum atomic E-state index is -0.497. The van der Waals surface area contributed by atoms with Crippen LogP contribution in [0.25, 0.3) is 0 Å². The number of hydrogen-bond acceptors (Lipinski definition) is 4. The summed E-state index contributed by atoms with van der Waals surface area (Å²) in [5, 5.41) is 2.79. The van der Waals surface area contributed by atoms with Crippen molar-refractivity contribution in [1.29, 1.82) is 0 Å². The molecule has 6 heteroatoms. The predicted molar refractivity (Wildman–Crippen MR) is 91.6 cm³/mol. The topological polar surface area (TPSA) is 67.9 Å². The van der Waals surface area contributed by atoms with Gasteiger partial charge in [-0.2, -0.15) is 0 Å². The van der Waals surface area contributed by atoms with Crippen molar-refractivity contribution in [1.82, 2.24) is 4.90 Å². The van der Waals surface area contributed by atoms with E-state index in [2.05, 4.69) is 5.32 Å². The molecule has 132 valence electrons. The Labute approximate surface area is 143 Å². The molecule has 0 aromatic heterocycles. The van der Waals surface area contributed by atoms with Gasteiger partial charge in [0.15, 0.2) is 0 Å². The minimum absolute atomic E-state index is 0.0197. The van der Waals surface area contributed by atoms with Crippen molar-refractivity contribution < 1.29 is 19.1 Å². The third-order valence-electron chi connectivity index (χ3n) is 4.27. The molecule has 2 atom stereocenters. The van der Waals surface area contributed by atoms with Crippen LogP contribution in [0.5, 0.6) is 0 Å². The van der Waals surface area contributed by atoms with Gasteiger partial charge >= 0.3 is 0 Å². The number of benzene rings is 1. The molecule has 1 aliphatic carbocycles. The number of ether oxygens (including phenoxy) is 2. The Kier molecular flexibility index (Phi) is 6.34. The van der Waals surface area contributed by atoms with E-state index in [1.807, 2.05) is 29.2 Å². The van der Waals surface area contributed by atoms with Crippen molar-refractivity contribution >= 4 is 17.5 Å². The van der Waals surface area contributed by atoms with Gasteiger partial charge in [-0.15, -0.1) is 0 Å². The van der Waals surface area contributed by atoms with Gasteiger partial charge in [-0.25, -0.2) is 0 Å². The van der Waals surface area contributed by atoms with Crippen LogP contribution in [0.15, 0.2) is 24.3 Å². The molecule has 1 fully saturated rings. The highest BCUT2D eigenvalue weighted by molar-refractivity contribution is 5.93. The first kappa shape index (κ1) is 18.4. The van der Waals surface area contributed by atoms with Gasteiger partial charge in [0.25, 0.3) is 11.8 Å². The molecule has 2 rings (SSSR count). The van der Waals surface area contributed by atoms with Crippen LogP contribution in [0.1, 0.15) is 32.3 Å². The fraction of sp³-hybridized carbons (Fsp3) is 0.556. The van der Waals surface area contributed by atoms with Crippen molar-refractivity contribution in [3.63, 3.8) is 0 Å². The number of methoxy groups -OCH3 is 2. The third-order valence-corrected chi connectivity index (χ3v) is 4.27. The molecule has 0 spiro atoms. The lowest BCUT2D eigenvalue weighted by Crippen LogP contribution is -2.39. The average Bonchev–Trinajstić information content (AvgIpc) is 3.43. The van der Waals surface area contributed by atoms with Crippen molar-refractivity contribution in [3.8, 4) is 0 Å². The van der Waals surface area contributed by atoms with Gasteiger partial charge in [0.2, 0.25) is 0 Å². The molecule has 1 aromatic rings. The number of hydrogen-bond donors (Lipinski definition) is 1. The van der Waals surface area contributed by atoms with Crippen molar-refractivity contribution in [2.75, 3.05) is 19.5 Å². The van der Waals surface area contributed by atoms with Gasteiger partial charge in [-0.1, -0.05) is 12.1 Å². The third kappa shape index (κ3) is 4.79. The second-order valence-electron chi connectivity index (χ2n) is 6.14. The van der Waals surface area contributed by atoms with Gasteiger partial charge in [-0.05, 0) is 44.4 Å². The summed E-state index contributed by atoms with van der Waals surface area (Å²) in [6.07, 6.45) is 1.17. The Balaban J connectivity index is 1.99. The van der Waals surface area contributed by atoms with Crippen molar-refractivity contribution in [2.45, 2.75) is 51.5 Å². The zero-order chi connectivity index (χ0) is 17.7. The highest BCUT2D eigenvalue weighted by atomic mass is 16.5. The van der Waals surface area contributed by atoms with E-state index in [1.54, 1.807) is 21.0 Å². The summed E-state index contributed by atoms with van der Waals surface area (Å²) in [6, 6.07) is 7.84. The maximum Gasteiger partial charge on any atom is 0.253 e. The zero-order valence-corrected chi connectivity index (χ0v) is 14.7. The molecule has 0 saturated heterocycles. The Bertz CT molecular complexity index is 569. The second-order valence-corrected chi connectivity index (χ2v) is 6.14. The summed E-state index contributed by atoms with van der Waals surface area (Å²) >= 11 is 0. The fourth-order valence-corrected chi connectivity index (χ4v) is 2.35. The molecule has 6 nitrogen and oxygen atoms in total. The highest BCUT2D eigenvalue weighted by Crippen LogP contribution is 2.29. The van der Waals surface area contributed by atoms with E-state index in [0.717, 1.165) is 18.4 Å². The SMILES string of the molecule is COC(C)C(=O)Nc1ccc(CN(C(=O)C(C)OC)C2CC2)cc1. The van der Waals surface area contributed by atoms with Crippen LogP contribution in [0.3, 0.4) is 0 Å². The Hall–Kier alpha value is -1.92. The number of carbonyl (C=O) groups excluding carboxylic acids is 2. The van der Waals surface area contributed by atoms with E-state index in [1.165, 1.54) is 7.11 Å². The molecule has 0 aliphatic heterocycles. The molecule has 1 N–H and O–H groups in total. The van der Waals surface area contributed by atoms with Crippen LogP contribution >= 0.6 is 0 Å². The average molecular weight is 334 g/mol. The van der Waals surface area contributed by atoms with Crippen molar-refractivity contribution in [3.05, 3.63) is 29.8 Å². The number of nitrogens with zero attached hydrogens (tertiary/aromatic N) is 1. The molecule has 0 radical (unpaired) electrons. The van der Waals surface area contributed by atoms with Gasteiger partial charge in [0, 0.05) is 32.5 Å². The maximum atomic E-state index is 12.4. The van der Waals surface area contributed by atoms with Gasteiger partial charge in [0.05, 0.1) is 0 Å². The molecular formula is C18H26N2O4. The van der Waals surface area contributed by atoms with Gasteiger partial charge in [-0.3, -0.25) is 9.59 Å². The van der Waals surface area contributed by atoms with E-state index in [4.69, 9.17) is 9.47 Å². The summed E-state index contributed by atoms with van der Waals surface area (Å²) in [5.74, 6) is -0.166. The molecule has 1 saturated carbocycles. The molecule has 2 unspecified atom stereocenters. The molecule has 24 heavy (non-hydrogen) atoms. The Morgan fingerprint density at radius 2 is 1.71 bits per heavy atom. The quantitative estimate of drug-likeness (QED) is 0.791. The number of amides is 2. The van der Waals surface area contributed by atoms with Gasteiger partial charge < -0.3 is 19.7 Å². The summed E-state index contributed by atoms with van der Waals surface area (Å²) < 4.78 is 10.1. The van der Waals surface area contributed by atoms with Crippen LogP contribution in [0.4, 0.5) is 5.69 Å². The molecule has 0 bridgehead atoms. The second kappa shape index (κ2) is 8.26. The van der Waals surface area contributed by atoms with Crippen LogP contribution in [-0.4, -0.2) is 49.2 Å². The first-order valence-corrected chi connectivity index (χ1v) is 8.22. The lowest BCUT2D eigenvalue weighted by atomic mass is 10.1. The first-order chi connectivity index (χ1) is 11.5. The summed E-state index contributed by atoms with van der Waals surface area (Å²) in [4.78, 5) is 26.1. The lowest BCUT2D eigenvalue weighted by molar-refractivity contribution is -0.142. The largest absolute Gasteiger partial charge is 0.372 e. The maximum absolute atomic E-state index is 12.4. The Morgan fingerprint density at radius 1 is 1.12 bits per heavy atom. The molecule has 1 aliphatic rings. The first-order valence-electron chi connectivity index (χ1n) is 8.22. The van der Waals surface area contributed by atoms with Gasteiger partial charge in [0.1, 0.15) is 12.2 Å². The lowest BCUT2D eigenvalue weighted by Gasteiger charge is -2.25. The molecule has 1 aromatic carbocycles. The predicted octanol–water partition coefficient (Wildman–Crippen LogP) is 2.19. The highest BCUT2D eigenvalue weighted by Gasteiger charge is 2.34. The monoisotopic (exact) mass is 334 g/mol. The standard InChI is InChI=1S/C18H26N2O4/c1-12(23-3)17(21)19-15-7-5-14(6-8-15)11-20(16-9-10-16)18(22)13(2)24-4/h5-8,12-13,16H,9-11H2,1-4H3,(H,19,21). The number of carbonyl (C=O) groups is 2. The Morgan fingerprint density at radius 3 is 2.21 bits per heavy atom. The number of anilines is 1. The van der Waals surface area contributed by atoms with E-state index in [-0.39, 0.29) is 11.8 Å². The van der Waals surface area contributed by atoms with Crippen LogP contribution in [0, 0.1) is 0 Å². The summed E-state index contributed by atoms with van der Waals surface area (Å²) in [6.45, 7) is 4.02. The van der Waals surface area contributed by atoms with Crippen LogP contribution in [-0.2, 0) is 25.6 Å². The zero-order valence-electron chi connectivity index (χ0n) is 14.7. The normalized spacial score (nSPS) is 16.3. The molecular weight excluding hydrogens is 308 g/mol. The fourth-order valence-electron chi connectivity index (χ4n) is 2.35. The van der Waals surface area contributed by atoms with Crippen molar-refractivity contribution in [2.24, 2.45) is 0 Å². The molecule has 0 heterocycles. The van der Waals surface area contributed by atoms with E-state index in [0.29, 0.717) is 18.3 Å². The smallest absolute Gasteiger partial charge is 0.253 e. The number of nitrogens with one attached hydrogen (secondary N) is 1. The summed E-state index contributed by atoms with van der Waals surface area (Å²) in [7, 11) is 3.05. The van der Waals surface area contributed by atoms with E-state index < -0.39 is 12.2 Å². The van der Waals surface area contributed by atoms with E-state index in [9.17, 15) is 9.59 Å². The van der Waals surface area contributed by atoms with E-state index >= 15 is 0 Å². The summed E-state index contributed by atoms with van der Waals surface area (Å²) in [5.41, 5.74) is 1.73. The minimum Gasteiger partial charge on any atom is -0.372 e. The van der Waals surface area contributed by atoms with Crippen LogP contribution in [0.2, 0.25) is 0 Å². The number of rotatable bonds is 8. The van der Waals surface area contributed by atoms with Crippen LogP contribution < -0.4 is 5.32 Å².